The molecule has 1 aliphatic heterocycles. The van der Waals surface area contributed by atoms with E-state index in [0.717, 1.165) is 32.5 Å². The number of carbonyl (C=O) groups is 1. The highest BCUT2D eigenvalue weighted by atomic mass is 16.4. The summed E-state index contributed by atoms with van der Waals surface area (Å²) in [5.74, 6) is -0.432. The summed E-state index contributed by atoms with van der Waals surface area (Å²) in [7, 11) is 0. The molecule has 27 heavy (non-hydrogen) atoms. The second-order valence-corrected chi connectivity index (χ2v) is 6.92. The fraction of sp³-hybridized carbons (Fsp3) is 0.429. The van der Waals surface area contributed by atoms with Crippen molar-refractivity contribution in [2.24, 2.45) is 0 Å². The maximum absolute atomic E-state index is 11.5. The molecule has 1 saturated heterocycles. The molecule has 144 valence electrons. The van der Waals surface area contributed by atoms with Crippen molar-refractivity contribution < 1.29 is 15.0 Å². The van der Waals surface area contributed by atoms with Gasteiger partial charge in [-0.2, -0.15) is 0 Å². The highest BCUT2D eigenvalue weighted by Gasteiger charge is 2.29. The molecule has 6 nitrogen and oxygen atoms in total. The number of aryl methyl sites for hydroxylation is 1. The van der Waals surface area contributed by atoms with Crippen LogP contribution in [0.5, 0.6) is 0 Å². The first kappa shape index (κ1) is 19.3. The first-order valence-corrected chi connectivity index (χ1v) is 9.51. The van der Waals surface area contributed by atoms with E-state index in [4.69, 9.17) is 0 Å². The van der Waals surface area contributed by atoms with Crippen molar-refractivity contribution in [3.63, 3.8) is 0 Å². The first-order valence-electron chi connectivity index (χ1n) is 9.51. The molecule has 3 rings (SSSR count). The fourth-order valence-corrected chi connectivity index (χ4v) is 3.75. The van der Waals surface area contributed by atoms with Gasteiger partial charge in [-0.25, -0.2) is 9.78 Å². The molecular formula is C21H27N3O3. The zero-order chi connectivity index (χ0) is 19.1. The smallest absolute Gasteiger partial charge is 0.339 e. The molecule has 2 heterocycles. The summed E-state index contributed by atoms with van der Waals surface area (Å²) < 4.78 is 0. The third-order valence-corrected chi connectivity index (χ3v) is 5.14. The van der Waals surface area contributed by atoms with Gasteiger partial charge in [-0.3, -0.25) is 4.90 Å². The summed E-state index contributed by atoms with van der Waals surface area (Å²) in [4.78, 5) is 20.3. The van der Waals surface area contributed by atoms with Crippen molar-refractivity contribution in [3.05, 3.63) is 59.8 Å². The van der Waals surface area contributed by atoms with Gasteiger partial charge in [0.2, 0.25) is 0 Å². The molecule has 0 radical (unpaired) electrons. The molecular weight excluding hydrogens is 342 g/mol. The highest BCUT2D eigenvalue weighted by molar-refractivity contribution is 5.93. The van der Waals surface area contributed by atoms with E-state index in [0.29, 0.717) is 18.8 Å². The van der Waals surface area contributed by atoms with Crippen LogP contribution in [0.15, 0.2) is 48.7 Å². The molecule has 1 atom stereocenters. The Kier molecular flexibility index (Phi) is 6.79. The minimum absolute atomic E-state index is 0.127. The second-order valence-electron chi connectivity index (χ2n) is 6.92. The van der Waals surface area contributed by atoms with E-state index in [-0.39, 0.29) is 18.2 Å². The van der Waals surface area contributed by atoms with E-state index in [1.807, 2.05) is 11.0 Å². The Hall–Kier alpha value is -2.44. The molecule has 1 aromatic heterocycles. The zero-order valence-corrected chi connectivity index (χ0v) is 15.5. The number of aromatic nitrogens is 1. The molecule has 0 aliphatic carbocycles. The predicted molar refractivity (Wildman–Crippen MR) is 105 cm³/mol. The SMILES string of the molecule is O=C(O)c1cccnc1N1CCN(CCCc2ccccc2)C(CCO)C1. The molecule has 1 aliphatic rings. The van der Waals surface area contributed by atoms with Gasteiger partial charge >= 0.3 is 5.97 Å². The number of benzene rings is 1. The summed E-state index contributed by atoms with van der Waals surface area (Å²) in [6.45, 7) is 3.37. The number of aliphatic hydroxyl groups is 1. The minimum atomic E-state index is -0.956. The normalized spacial score (nSPS) is 17.8. The lowest BCUT2D eigenvalue weighted by molar-refractivity contribution is 0.0696. The van der Waals surface area contributed by atoms with E-state index in [1.54, 1.807) is 18.3 Å². The number of hydrogen-bond donors (Lipinski definition) is 2. The van der Waals surface area contributed by atoms with Crippen LogP contribution in [0.4, 0.5) is 5.82 Å². The van der Waals surface area contributed by atoms with Gasteiger partial charge in [0.05, 0.1) is 0 Å². The number of aliphatic hydroxyl groups excluding tert-OH is 1. The number of aromatic carboxylic acids is 1. The molecule has 1 aromatic carbocycles. The lowest BCUT2D eigenvalue weighted by Gasteiger charge is -2.42. The summed E-state index contributed by atoms with van der Waals surface area (Å²) in [6.07, 6.45) is 4.42. The molecule has 0 spiro atoms. The Morgan fingerprint density at radius 2 is 1.96 bits per heavy atom. The van der Waals surface area contributed by atoms with E-state index in [9.17, 15) is 15.0 Å². The third-order valence-electron chi connectivity index (χ3n) is 5.14. The first-order chi connectivity index (χ1) is 13.2. The van der Waals surface area contributed by atoms with Crippen molar-refractivity contribution in [2.45, 2.75) is 25.3 Å². The molecule has 6 heteroatoms. The van der Waals surface area contributed by atoms with Crippen molar-refractivity contribution in [2.75, 3.05) is 37.7 Å². The molecule has 1 fully saturated rings. The maximum Gasteiger partial charge on any atom is 0.339 e. The number of anilines is 1. The highest BCUT2D eigenvalue weighted by Crippen LogP contribution is 2.22. The van der Waals surface area contributed by atoms with Crippen LogP contribution in [0, 0.1) is 0 Å². The molecule has 2 N–H and O–H groups in total. The van der Waals surface area contributed by atoms with E-state index < -0.39 is 5.97 Å². The monoisotopic (exact) mass is 369 g/mol. The number of carboxylic acid groups (broad SMARTS) is 1. The Morgan fingerprint density at radius 3 is 2.70 bits per heavy atom. The molecule has 0 amide bonds. The van der Waals surface area contributed by atoms with Gasteiger partial charge in [-0.05, 0) is 43.5 Å². The van der Waals surface area contributed by atoms with Gasteiger partial charge in [0.25, 0.3) is 0 Å². The van der Waals surface area contributed by atoms with E-state index >= 15 is 0 Å². The Balaban J connectivity index is 1.62. The molecule has 1 unspecified atom stereocenters. The maximum atomic E-state index is 11.5. The van der Waals surface area contributed by atoms with Crippen LogP contribution in [0.3, 0.4) is 0 Å². The van der Waals surface area contributed by atoms with Gasteiger partial charge in [0.1, 0.15) is 11.4 Å². The average Bonchev–Trinajstić information content (AvgIpc) is 2.70. The van der Waals surface area contributed by atoms with Gasteiger partial charge < -0.3 is 15.1 Å². The fourth-order valence-electron chi connectivity index (χ4n) is 3.75. The number of carboxylic acids is 1. The number of rotatable bonds is 8. The number of nitrogens with zero attached hydrogens (tertiary/aromatic N) is 3. The number of hydrogen-bond acceptors (Lipinski definition) is 5. The summed E-state index contributed by atoms with van der Waals surface area (Å²) in [6, 6.07) is 13.9. The second kappa shape index (κ2) is 9.48. The predicted octanol–water partition coefficient (Wildman–Crippen LogP) is 2.29. The largest absolute Gasteiger partial charge is 0.478 e. The van der Waals surface area contributed by atoms with Gasteiger partial charge in [-0.1, -0.05) is 30.3 Å². The topological polar surface area (TPSA) is 76.9 Å². The van der Waals surface area contributed by atoms with Crippen LogP contribution in [0.1, 0.15) is 28.8 Å². The molecule has 2 aromatic rings. The van der Waals surface area contributed by atoms with Gasteiger partial charge in [-0.15, -0.1) is 0 Å². The van der Waals surface area contributed by atoms with Crippen LogP contribution in [0.2, 0.25) is 0 Å². The van der Waals surface area contributed by atoms with Crippen molar-refractivity contribution in [1.82, 2.24) is 9.88 Å². The van der Waals surface area contributed by atoms with Crippen LogP contribution < -0.4 is 4.90 Å². The van der Waals surface area contributed by atoms with Crippen LogP contribution in [-0.4, -0.2) is 64.9 Å². The van der Waals surface area contributed by atoms with E-state index in [1.165, 1.54) is 5.56 Å². The van der Waals surface area contributed by atoms with E-state index in [2.05, 4.69) is 34.1 Å². The summed E-state index contributed by atoms with van der Waals surface area (Å²) in [5.41, 5.74) is 1.58. The van der Waals surface area contributed by atoms with Gasteiger partial charge in [0.15, 0.2) is 0 Å². The van der Waals surface area contributed by atoms with Crippen LogP contribution in [-0.2, 0) is 6.42 Å². The average molecular weight is 369 g/mol. The Bertz CT molecular complexity index is 738. The third kappa shape index (κ3) is 5.05. The standard InChI is InChI=1S/C21H27N3O3/c25-15-10-18-16-24(20-19(21(26)27)9-4-11-22-20)14-13-23(18)12-5-8-17-6-2-1-3-7-17/h1-4,6-7,9,11,18,25H,5,8,10,12-16H2,(H,26,27). The minimum Gasteiger partial charge on any atom is -0.478 e. The van der Waals surface area contributed by atoms with Gasteiger partial charge in [0, 0.05) is 38.5 Å². The zero-order valence-electron chi connectivity index (χ0n) is 15.5. The molecule has 0 bridgehead atoms. The quantitative estimate of drug-likeness (QED) is 0.743. The summed E-state index contributed by atoms with van der Waals surface area (Å²) in [5, 5.41) is 18.9. The van der Waals surface area contributed by atoms with Crippen molar-refractivity contribution in [3.8, 4) is 0 Å². The molecule has 0 saturated carbocycles. The Labute approximate surface area is 160 Å². The number of piperazine rings is 1. The van der Waals surface area contributed by atoms with Crippen molar-refractivity contribution >= 4 is 11.8 Å². The lowest BCUT2D eigenvalue weighted by atomic mass is 10.1. The Morgan fingerprint density at radius 1 is 1.15 bits per heavy atom. The summed E-state index contributed by atoms with van der Waals surface area (Å²) >= 11 is 0. The van der Waals surface area contributed by atoms with Crippen LogP contribution >= 0.6 is 0 Å². The van der Waals surface area contributed by atoms with Crippen molar-refractivity contribution in [1.29, 1.82) is 0 Å². The van der Waals surface area contributed by atoms with Crippen LogP contribution in [0.25, 0.3) is 0 Å². The lowest BCUT2D eigenvalue weighted by Crippen LogP contribution is -2.54. The number of pyridine rings is 1.